The smallest absolute Gasteiger partial charge is 0.228 e. The fraction of sp³-hybridized carbons (Fsp3) is 0.308. The first kappa shape index (κ1) is 21.3. The van der Waals surface area contributed by atoms with Crippen molar-refractivity contribution in [2.45, 2.75) is 26.2 Å². The van der Waals surface area contributed by atoms with Gasteiger partial charge in [0.1, 0.15) is 5.82 Å². The Morgan fingerprint density at radius 3 is 2.55 bits per heavy atom. The Hall–Kier alpha value is -3.58. The van der Waals surface area contributed by atoms with Gasteiger partial charge in [-0.2, -0.15) is 0 Å². The number of pyridine rings is 2. The minimum absolute atomic E-state index is 0.0220. The summed E-state index contributed by atoms with van der Waals surface area (Å²) in [4.78, 5) is 33.2. The average molecular weight is 443 g/mol. The lowest BCUT2D eigenvalue weighted by atomic mass is 9.98. The number of carbonyl (C=O) groups excluding carboxylic acids is 2. The molecule has 1 saturated carbocycles. The molecule has 1 aliphatic carbocycles. The molecule has 168 valence electrons. The number of ether oxygens (including phenoxy) is 1. The first-order valence-electron chi connectivity index (χ1n) is 11.3. The molecule has 5 rings (SSSR count). The van der Waals surface area contributed by atoms with Gasteiger partial charge in [-0.05, 0) is 60.7 Å². The minimum atomic E-state index is -0.0220. The molecule has 3 heterocycles. The number of hydrogen-bond donors (Lipinski definition) is 2. The number of rotatable bonds is 7. The molecule has 2 aromatic heterocycles. The van der Waals surface area contributed by atoms with Crippen molar-refractivity contribution in [1.29, 1.82) is 0 Å². The molecular formula is C26H26N4O3. The second-order valence-electron chi connectivity index (χ2n) is 8.79. The summed E-state index contributed by atoms with van der Waals surface area (Å²) in [7, 11) is 0. The van der Waals surface area contributed by atoms with E-state index in [0.717, 1.165) is 40.8 Å². The van der Waals surface area contributed by atoms with E-state index in [2.05, 4.69) is 26.7 Å². The fourth-order valence-electron chi connectivity index (χ4n) is 3.89. The van der Waals surface area contributed by atoms with Crippen LogP contribution in [-0.4, -0.2) is 35.0 Å². The lowest BCUT2D eigenvalue weighted by molar-refractivity contribution is -0.121. The van der Waals surface area contributed by atoms with E-state index >= 15 is 0 Å². The molecule has 2 N–H and O–H groups in total. The van der Waals surface area contributed by atoms with Crippen molar-refractivity contribution in [3.63, 3.8) is 0 Å². The van der Waals surface area contributed by atoms with Gasteiger partial charge in [0.25, 0.3) is 0 Å². The Morgan fingerprint density at radius 2 is 1.79 bits per heavy atom. The first-order valence-corrected chi connectivity index (χ1v) is 11.3. The van der Waals surface area contributed by atoms with Crippen LogP contribution in [0.3, 0.4) is 0 Å². The molecule has 2 fully saturated rings. The highest BCUT2D eigenvalue weighted by molar-refractivity contribution is 5.94. The number of aryl methyl sites for hydroxylation is 1. The van der Waals surface area contributed by atoms with Gasteiger partial charge in [-0.15, -0.1) is 0 Å². The maximum atomic E-state index is 12.3. The second-order valence-corrected chi connectivity index (χ2v) is 8.79. The Kier molecular flexibility index (Phi) is 5.88. The molecule has 0 bridgehead atoms. The van der Waals surface area contributed by atoms with E-state index in [-0.39, 0.29) is 17.7 Å². The van der Waals surface area contributed by atoms with Crippen molar-refractivity contribution in [3.05, 3.63) is 60.6 Å². The molecule has 1 saturated heterocycles. The normalized spacial score (nSPS) is 15.5. The number of aromatic nitrogens is 2. The molecular weight excluding hydrogens is 416 g/mol. The molecule has 7 heteroatoms. The monoisotopic (exact) mass is 442 g/mol. The number of nitrogens with zero attached hydrogens (tertiary/aromatic N) is 2. The van der Waals surface area contributed by atoms with Gasteiger partial charge in [-0.1, -0.05) is 18.2 Å². The van der Waals surface area contributed by atoms with Crippen LogP contribution in [0, 0.1) is 18.8 Å². The van der Waals surface area contributed by atoms with Crippen molar-refractivity contribution >= 4 is 23.3 Å². The summed E-state index contributed by atoms with van der Waals surface area (Å²) in [6, 6.07) is 13.9. The molecule has 2 amide bonds. The molecule has 0 unspecified atom stereocenters. The first-order chi connectivity index (χ1) is 16.0. The van der Waals surface area contributed by atoms with E-state index in [1.54, 1.807) is 12.4 Å². The summed E-state index contributed by atoms with van der Waals surface area (Å²) in [6.45, 7) is 3.26. The van der Waals surface area contributed by atoms with E-state index in [4.69, 9.17) is 4.74 Å². The SMILES string of the molecule is Cc1ncc(NC(=O)CC2COC2)cc1-c1cccc(-c2ccnc(NC(=O)C3CC3)c2)c1. The van der Waals surface area contributed by atoms with Crippen LogP contribution in [0.15, 0.2) is 54.9 Å². The second kappa shape index (κ2) is 9.11. The highest BCUT2D eigenvalue weighted by Gasteiger charge is 2.29. The maximum Gasteiger partial charge on any atom is 0.228 e. The summed E-state index contributed by atoms with van der Waals surface area (Å²) >= 11 is 0. The summed E-state index contributed by atoms with van der Waals surface area (Å²) < 4.78 is 5.15. The van der Waals surface area contributed by atoms with Gasteiger partial charge in [-0.25, -0.2) is 4.98 Å². The maximum absolute atomic E-state index is 12.3. The van der Waals surface area contributed by atoms with Gasteiger partial charge < -0.3 is 15.4 Å². The lowest BCUT2D eigenvalue weighted by Gasteiger charge is -2.25. The van der Waals surface area contributed by atoms with E-state index in [0.29, 0.717) is 37.1 Å². The molecule has 1 aliphatic heterocycles. The van der Waals surface area contributed by atoms with Gasteiger partial charge in [0, 0.05) is 35.7 Å². The van der Waals surface area contributed by atoms with E-state index in [1.807, 2.05) is 43.3 Å². The highest BCUT2D eigenvalue weighted by Crippen LogP contribution is 2.32. The summed E-state index contributed by atoms with van der Waals surface area (Å²) in [6.07, 6.45) is 5.77. The van der Waals surface area contributed by atoms with Crippen LogP contribution in [-0.2, 0) is 14.3 Å². The Labute approximate surface area is 192 Å². The van der Waals surface area contributed by atoms with E-state index in [1.165, 1.54) is 0 Å². The molecule has 2 aliphatic rings. The molecule has 3 aromatic rings. The van der Waals surface area contributed by atoms with Crippen LogP contribution in [0.5, 0.6) is 0 Å². The third kappa shape index (κ3) is 5.09. The summed E-state index contributed by atoms with van der Waals surface area (Å²) in [5, 5.41) is 5.87. The zero-order valence-corrected chi connectivity index (χ0v) is 18.5. The van der Waals surface area contributed by atoms with E-state index < -0.39 is 0 Å². The molecule has 7 nitrogen and oxygen atoms in total. The van der Waals surface area contributed by atoms with Gasteiger partial charge in [-0.3, -0.25) is 14.6 Å². The summed E-state index contributed by atoms with van der Waals surface area (Å²) in [5.74, 6) is 1.02. The number of amides is 2. The zero-order chi connectivity index (χ0) is 22.8. The predicted molar refractivity (Wildman–Crippen MR) is 127 cm³/mol. The number of nitrogens with one attached hydrogen (secondary N) is 2. The Balaban J connectivity index is 1.36. The van der Waals surface area contributed by atoms with Crippen molar-refractivity contribution < 1.29 is 14.3 Å². The predicted octanol–water partition coefficient (Wildman–Crippen LogP) is 4.44. The van der Waals surface area contributed by atoms with Crippen LogP contribution in [0.1, 0.15) is 25.0 Å². The van der Waals surface area contributed by atoms with Crippen LogP contribution in [0.4, 0.5) is 11.5 Å². The van der Waals surface area contributed by atoms with E-state index in [9.17, 15) is 9.59 Å². The zero-order valence-electron chi connectivity index (χ0n) is 18.5. The average Bonchev–Trinajstić information content (AvgIpc) is 3.64. The highest BCUT2D eigenvalue weighted by atomic mass is 16.5. The van der Waals surface area contributed by atoms with Gasteiger partial charge >= 0.3 is 0 Å². The van der Waals surface area contributed by atoms with Crippen LogP contribution < -0.4 is 10.6 Å². The number of benzene rings is 1. The van der Waals surface area contributed by atoms with Crippen molar-refractivity contribution in [2.75, 3.05) is 23.8 Å². The van der Waals surface area contributed by atoms with Crippen LogP contribution in [0.25, 0.3) is 22.3 Å². The quantitative estimate of drug-likeness (QED) is 0.564. The Morgan fingerprint density at radius 1 is 1.00 bits per heavy atom. The number of hydrogen-bond acceptors (Lipinski definition) is 5. The largest absolute Gasteiger partial charge is 0.381 e. The number of anilines is 2. The van der Waals surface area contributed by atoms with Crippen molar-refractivity contribution in [2.24, 2.45) is 11.8 Å². The molecule has 33 heavy (non-hydrogen) atoms. The number of carbonyl (C=O) groups is 2. The Bertz CT molecular complexity index is 1200. The lowest BCUT2D eigenvalue weighted by Crippen LogP contribution is -2.31. The standard InChI is InChI=1S/C26H26N4O3/c1-16-23(12-22(13-28-16)29-25(31)9-17-14-33-15-17)21-4-2-3-19(10-21)20-7-8-27-24(11-20)30-26(32)18-5-6-18/h2-4,7-8,10-13,17-18H,5-6,9,14-15H2,1H3,(H,29,31)(H,27,30,32). The molecule has 1 aromatic carbocycles. The minimum Gasteiger partial charge on any atom is -0.381 e. The fourth-order valence-corrected chi connectivity index (χ4v) is 3.89. The third-order valence-corrected chi connectivity index (χ3v) is 6.02. The molecule has 0 spiro atoms. The topological polar surface area (TPSA) is 93.2 Å². The van der Waals surface area contributed by atoms with Gasteiger partial charge in [0.15, 0.2) is 0 Å². The van der Waals surface area contributed by atoms with Crippen molar-refractivity contribution in [3.8, 4) is 22.3 Å². The van der Waals surface area contributed by atoms with Crippen LogP contribution in [0.2, 0.25) is 0 Å². The van der Waals surface area contributed by atoms with Crippen LogP contribution >= 0.6 is 0 Å². The third-order valence-electron chi connectivity index (χ3n) is 6.02. The van der Waals surface area contributed by atoms with Gasteiger partial charge in [0.05, 0.1) is 25.1 Å². The molecule has 0 atom stereocenters. The summed E-state index contributed by atoms with van der Waals surface area (Å²) in [5.41, 5.74) is 5.50. The molecule has 0 radical (unpaired) electrons. The van der Waals surface area contributed by atoms with Gasteiger partial charge in [0.2, 0.25) is 11.8 Å². The van der Waals surface area contributed by atoms with Crippen molar-refractivity contribution in [1.82, 2.24) is 9.97 Å².